The molecule has 0 spiro atoms. The lowest BCUT2D eigenvalue weighted by molar-refractivity contribution is -0.114. The van der Waals surface area contributed by atoms with Crippen molar-refractivity contribution in [3.05, 3.63) is 40.2 Å². The number of nitrogens with zero attached hydrogens (tertiary/aromatic N) is 4. The highest BCUT2D eigenvalue weighted by atomic mass is 32.1. The van der Waals surface area contributed by atoms with Gasteiger partial charge in [0.05, 0.1) is 0 Å². The van der Waals surface area contributed by atoms with E-state index in [2.05, 4.69) is 58.1 Å². The Hall–Kier alpha value is -1.83. The zero-order chi connectivity index (χ0) is 18.7. The highest BCUT2D eigenvalue weighted by Gasteiger charge is 2.25. The van der Waals surface area contributed by atoms with E-state index in [1.54, 1.807) is 11.3 Å². The molecule has 2 aromatic rings. The third-order valence-electron chi connectivity index (χ3n) is 4.69. The van der Waals surface area contributed by atoms with Crippen LogP contribution in [0.1, 0.15) is 28.8 Å². The van der Waals surface area contributed by atoms with Crippen molar-refractivity contribution in [3.8, 4) is 0 Å². The molecule has 1 fully saturated rings. The number of nitrogens with one attached hydrogen (secondary N) is 1. The number of thiazole rings is 1. The fourth-order valence-corrected chi connectivity index (χ4v) is 4.40. The van der Waals surface area contributed by atoms with Crippen LogP contribution >= 0.6 is 11.3 Å². The molecule has 3 rings (SSSR count). The minimum Gasteiger partial charge on any atom is -0.302 e. The van der Waals surface area contributed by atoms with E-state index in [4.69, 9.17) is 0 Å². The van der Waals surface area contributed by atoms with Crippen LogP contribution in [-0.2, 0) is 17.8 Å². The van der Waals surface area contributed by atoms with Gasteiger partial charge in [0.25, 0.3) is 0 Å². The number of likely N-dealkylation sites (N-methyl/N-ethyl adjacent to an activating group) is 1. The van der Waals surface area contributed by atoms with E-state index < -0.39 is 0 Å². The first kappa shape index (κ1) is 18.9. The average molecular weight is 374 g/mol. The quantitative estimate of drug-likeness (QED) is 0.872. The summed E-state index contributed by atoms with van der Waals surface area (Å²) in [7, 11) is 2.21. The molecule has 7 heteroatoms. The van der Waals surface area contributed by atoms with Gasteiger partial charge in [-0.3, -0.25) is 14.7 Å². The number of piperazine rings is 1. The third kappa shape index (κ3) is 5.09. The van der Waals surface area contributed by atoms with Crippen molar-refractivity contribution in [2.24, 2.45) is 0 Å². The topological polar surface area (TPSA) is 61.4 Å². The zero-order valence-electron chi connectivity index (χ0n) is 16.0. The largest absolute Gasteiger partial charge is 0.302 e. The van der Waals surface area contributed by atoms with Crippen LogP contribution in [0, 0.1) is 13.8 Å². The van der Waals surface area contributed by atoms with E-state index in [1.165, 1.54) is 17.4 Å². The van der Waals surface area contributed by atoms with Gasteiger partial charge in [0.1, 0.15) is 0 Å². The van der Waals surface area contributed by atoms with Crippen molar-refractivity contribution in [2.45, 2.75) is 39.8 Å². The zero-order valence-corrected chi connectivity index (χ0v) is 16.8. The van der Waals surface area contributed by atoms with Crippen LogP contribution in [-0.4, -0.2) is 58.4 Å². The van der Waals surface area contributed by atoms with Crippen LogP contribution in [0.2, 0.25) is 0 Å². The molecule has 1 amide bonds. The first-order valence-corrected chi connectivity index (χ1v) is 9.80. The molecular formula is C19H27N5OS. The van der Waals surface area contributed by atoms with Crippen molar-refractivity contribution in [2.75, 3.05) is 32.0 Å². The Morgan fingerprint density at radius 3 is 2.73 bits per heavy atom. The van der Waals surface area contributed by atoms with Gasteiger partial charge in [0, 0.05) is 61.6 Å². The smallest absolute Gasteiger partial charge is 0.223 e. The summed E-state index contributed by atoms with van der Waals surface area (Å²) >= 11 is 1.56. The molecule has 26 heavy (non-hydrogen) atoms. The highest BCUT2D eigenvalue weighted by molar-refractivity contribution is 7.15. The molecule has 6 nitrogen and oxygen atoms in total. The second-order valence-electron chi connectivity index (χ2n) is 7.14. The maximum absolute atomic E-state index is 11.1. The molecule has 1 N–H and O–H groups in total. The lowest BCUT2D eigenvalue weighted by Gasteiger charge is -2.39. The van der Waals surface area contributed by atoms with Crippen molar-refractivity contribution in [3.63, 3.8) is 0 Å². The summed E-state index contributed by atoms with van der Waals surface area (Å²) < 4.78 is 0. The van der Waals surface area contributed by atoms with Gasteiger partial charge in [-0.2, -0.15) is 0 Å². The SMILES string of the molecule is CC(=O)Nc1ncc(CN2CCN(C)[C@H](Cc3cc(C)nc(C)c3)C2)s1. The summed E-state index contributed by atoms with van der Waals surface area (Å²) in [6.45, 7) is 9.66. The van der Waals surface area contributed by atoms with Crippen LogP contribution in [0.5, 0.6) is 0 Å². The molecule has 0 unspecified atom stereocenters. The third-order valence-corrected chi connectivity index (χ3v) is 5.59. The minimum absolute atomic E-state index is 0.0755. The fourth-order valence-electron chi connectivity index (χ4n) is 3.49. The summed E-state index contributed by atoms with van der Waals surface area (Å²) in [6, 6.07) is 4.89. The maximum Gasteiger partial charge on any atom is 0.223 e. The van der Waals surface area contributed by atoms with E-state index in [1.807, 2.05) is 6.20 Å². The number of aryl methyl sites for hydroxylation is 2. The number of anilines is 1. The van der Waals surface area contributed by atoms with Gasteiger partial charge in [-0.15, -0.1) is 11.3 Å². The van der Waals surface area contributed by atoms with Gasteiger partial charge >= 0.3 is 0 Å². The number of pyridine rings is 1. The van der Waals surface area contributed by atoms with Crippen molar-refractivity contribution in [1.29, 1.82) is 0 Å². The minimum atomic E-state index is -0.0755. The van der Waals surface area contributed by atoms with Crippen molar-refractivity contribution < 1.29 is 4.79 Å². The number of rotatable bonds is 5. The first-order valence-electron chi connectivity index (χ1n) is 8.98. The standard InChI is InChI=1S/C19H27N5OS/c1-13-7-16(8-14(2)21-13)9-17-11-24(6-5-23(17)4)12-18-10-20-19(26-18)22-15(3)25/h7-8,10,17H,5-6,9,11-12H2,1-4H3,(H,20,22,25)/t17-/m1/s1. The molecule has 1 aliphatic heterocycles. The predicted molar refractivity (Wildman–Crippen MR) is 106 cm³/mol. The van der Waals surface area contributed by atoms with Crippen LogP contribution < -0.4 is 5.32 Å². The molecule has 1 atom stereocenters. The van der Waals surface area contributed by atoms with E-state index in [0.29, 0.717) is 11.2 Å². The Bertz CT molecular complexity index is 755. The van der Waals surface area contributed by atoms with Crippen molar-refractivity contribution in [1.82, 2.24) is 19.8 Å². The van der Waals surface area contributed by atoms with Gasteiger partial charge in [0.2, 0.25) is 5.91 Å². The molecule has 1 aliphatic rings. The van der Waals surface area contributed by atoms with E-state index in [0.717, 1.165) is 44.0 Å². The highest BCUT2D eigenvalue weighted by Crippen LogP contribution is 2.22. The molecule has 3 heterocycles. The van der Waals surface area contributed by atoms with Crippen LogP contribution in [0.4, 0.5) is 5.13 Å². The fraction of sp³-hybridized carbons (Fsp3) is 0.526. The van der Waals surface area contributed by atoms with E-state index in [-0.39, 0.29) is 5.91 Å². The summed E-state index contributed by atoms with van der Waals surface area (Å²) in [5.74, 6) is -0.0755. The molecule has 0 aromatic carbocycles. The lowest BCUT2D eigenvalue weighted by Crippen LogP contribution is -2.51. The van der Waals surface area contributed by atoms with Gasteiger partial charge in [0.15, 0.2) is 5.13 Å². The normalized spacial score (nSPS) is 18.8. The molecule has 0 aliphatic carbocycles. The van der Waals surface area contributed by atoms with E-state index in [9.17, 15) is 4.79 Å². The second kappa shape index (κ2) is 8.24. The van der Waals surface area contributed by atoms with Crippen LogP contribution in [0.3, 0.4) is 0 Å². The molecule has 0 radical (unpaired) electrons. The summed E-state index contributed by atoms with van der Waals surface area (Å²) in [6.07, 6.45) is 2.91. The Morgan fingerprint density at radius 1 is 1.31 bits per heavy atom. The summed E-state index contributed by atoms with van der Waals surface area (Å²) in [5.41, 5.74) is 3.54. The van der Waals surface area contributed by atoms with Gasteiger partial charge in [-0.05, 0) is 45.0 Å². The molecule has 2 aromatic heterocycles. The Labute approximate surface area is 159 Å². The first-order chi connectivity index (χ1) is 12.4. The van der Waals surface area contributed by atoms with Gasteiger partial charge in [-0.25, -0.2) is 4.98 Å². The number of hydrogen-bond donors (Lipinski definition) is 1. The Kier molecular flexibility index (Phi) is 6.01. The Morgan fingerprint density at radius 2 is 2.04 bits per heavy atom. The van der Waals surface area contributed by atoms with E-state index >= 15 is 0 Å². The van der Waals surface area contributed by atoms with Gasteiger partial charge < -0.3 is 10.2 Å². The summed E-state index contributed by atoms with van der Waals surface area (Å²) in [5, 5.41) is 3.44. The molecule has 140 valence electrons. The predicted octanol–water partition coefficient (Wildman–Crippen LogP) is 2.47. The summed E-state index contributed by atoms with van der Waals surface area (Å²) in [4.78, 5) is 26.0. The maximum atomic E-state index is 11.1. The van der Waals surface area contributed by atoms with Crippen LogP contribution in [0.15, 0.2) is 18.3 Å². The van der Waals surface area contributed by atoms with Crippen molar-refractivity contribution >= 4 is 22.4 Å². The number of hydrogen-bond acceptors (Lipinski definition) is 6. The number of carbonyl (C=O) groups excluding carboxylic acids is 1. The number of amides is 1. The number of carbonyl (C=O) groups is 1. The molecule has 0 bridgehead atoms. The molecule has 1 saturated heterocycles. The molecular weight excluding hydrogens is 346 g/mol. The number of aromatic nitrogens is 2. The monoisotopic (exact) mass is 373 g/mol. The molecule has 0 saturated carbocycles. The average Bonchev–Trinajstić information content (AvgIpc) is 2.96. The van der Waals surface area contributed by atoms with Crippen LogP contribution in [0.25, 0.3) is 0 Å². The van der Waals surface area contributed by atoms with Gasteiger partial charge in [-0.1, -0.05) is 0 Å². The Balaban J connectivity index is 1.62. The lowest BCUT2D eigenvalue weighted by atomic mass is 10.0. The second-order valence-corrected chi connectivity index (χ2v) is 8.26.